The number of halogens is 2. The van der Waals surface area contributed by atoms with Crippen LogP contribution in [0.1, 0.15) is 121 Å². The van der Waals surface area contributed by atoms with E-state index in [1.54, 1.807) is 13.0 Å². The molecule has 3 heterocycles. The predicted octanol–water partition coefficient (Wildman–Crippen LogP) is 3.56. The van der Waals surface area contributed by atoms with Gasteiger partial charge in [-0.3, -0.25) is 28.5 Å². The molecule has 16 nitrogen and oxygen atoms in total. The number of quaternary nitrogens is 1. The molecule has 0 saturated heterocycles. The highest BCUT2D eigenvalue weighted by atomic mass is 32.2. The van der Waals surface area contributed by atoms with Crippen LogP contribution in [0.25, 0.3) is 6.08 Å². The van der Waals surface area contributed by atoms with Gasteiger partial charge in [0.2, 0.25) is 23.6 Å². The molecule has 4 amide bonds. The molecule has 6 N–H and O–H groups in total. The minimum Gasteiger partial charge on any atom is -0.481 e. The topological polar surface area (TPSA) is 216 Å². The van der Waals surface area contributed by atoms with E-state index < -0.39 is 58.6 Å². The van der Waals surface area contributed by atoms with Crippen molar-refractivity contribution in [1.82, 2.24) is 25.7 Å². The van der Waals surface area contributed by atoms with Gasteiger partial charge in [-0.05, 0) is 68.7 Å². The van der Waals surface area contributed by atoms with Crippen LogP contribution in [0, 0.1) is 0 Å². The molecule has 2 unspecified atom stereocenters. The van der Waals surface area contributed by atoms with E-state index in [1.165, 1.54) is 4.48 Å². The predicted molar refractivity (Wildman–Crippen MR) is 230 cm³/mol. The molecule has 2 aliphatic rings. The maximum atomic E-state index is 17.0. The number of carbonyl (C=O) groups is 5. The summed E-state index contributed by atoms with van der Waals surface area (Å²) in [4.78, 5) is 61.9. The number of nitrogens with one attached hydrogen (secondary N) is 4. The molecule has 1 aromatic heterocycles. The lowest BCUT2D eigenvalue weighted by atomic mass is 9.88. The fourth-order valence-corrected chi connectivity index (χ4v) is 8.33. The molecule has 2 aliphatic heterocycles. The first kappa shape index (κ1) is 50.9. The highest BCUT2D eigenvalue weighted by molar-refractivity contribution is 7.85. The van der Waals surface area contributed by atoms with Crippen LogP contribution in [0.4, 0.5) is 8.63 Å². The maximum Gasteiger partial charge on any atom is 0.737 e. The van der Waals surface area contributed by atoms with Crippen LogP contribution in [-0.4, -0.2) is 132 Å². The van der Waals surface area contributed by atoms with Crippen molar-refractivity contribution in [2.75, 3.05) is 46.5 Å². The number of allylic oxidation sites excluding steroid dienone is 2. The normalized spacial score (nSPS) is 15.6. The minimum atomic E-state index is -4.74. The van der Waals surface area contributed by atoms with Crippen molar-refractivity contribution >= 4 is 58.5 Å². The fourth-order valence-electron chi connectivity index (χ4n) is 7.67. The van der Waals surface area contributed by atoms with Gasteiger partial charge < -0.3 is 48.5 Å². The third-order valence-electron chi connectivity index (χ3n) is 10.6. The van der Waals surface area contributed by atoms with Gasteiger partial charge in [-0.2, -0.15) is 8.42 Å². The van der Waals surface area contributed by atoms with Crippen LogP contribution in [-0.2, 0) is 46.9 Å². The minimum absolute atomic E-state index is 0.000824. The lowest BCUT2D eigenvalue weighted by Crippen LogP contribution is -2.52. The molecule has 3 rings (SSSR count). The molecule has 61 heavy (non-hydrogen) atoms. The van der Waals surface area contributed by atoms with Crippen LogP contribution in [0.15, 0.2) is 23.4 Å². The lowest BCUT2D eigenvalue weighted by molar-refractivity contribution is -0.870. The molecule has 0 radical (unpaired) electrons. The summed E-state index contributed by atoms with van der Waals surface area (Å²) in [6.45, 7) is 2.44. The van der Waals surface area contributed by atoms with Crippen LogP contribution in [0.2, 0.25) is 0 Å². The largest absolute Gasteiger partial charge is 0.737 e. The summed E-state index contributed by atoms with van der Waals surface area (Å²) < 4.78 is 70.2. The first-order chi connectivity index (χ1) is 28.6. The van der Waals surface area contributed by atoms with E-state index in [9.17, 15) is 36.9 Å². The molecule has 2 atom stereocenters. The maximum absolute atomic E-state index is 17.0. The van der Waals surface area contributed by atoms with Gasteiger partial charge in [0.15, 0.2) is 5.70 Å². The Morgan fingerprint density at radius 3 is 1.97 bits per heavy atom. The highest BCUT2D eigenvalue weighted by Gasteiger charge is 2.54. The molecule has 0 bridgehead atoms. The zero-order chi connectivity index (χ0) is 45.5. The van der Waals surface area contributed by atoms with E-state index >= 15 is 8.63 Å². The van der Waals surface area contributed by atoms with Gasteiger partial charge in [-0.15, -0.1) is 0 Å². The second kappa shape index (κ2) is 23.1. The number of aliphatic carboxylic acids is 1. The van der Waals surface area contributed by atoms with E-state index in [1.807, 2.05) is 26.0 Å². The Bertz CT molecular complexity index is 1960. The van der Waals surface area contributed by atoms with Crippen LogP contribution in [0.5, 0.6) is 0 Å². The average molecular weight is 883 g/mol. The fraction of sp³-hybridized carbons (Fsp3) is 0.659. The second-order valence-corrected chi connectivity index (χ2v) is 18.5. The number of fused-ring (bicyclic) bond motifs is 2. The zero-order valence-electron chi connectivity index (χ0n) is 36.7. The number of hydrogen-bond acceptors (Lipinski definition) is 7. The molecular weight excluding hydrogens is 815 g/mol. The molecule has 20 heteroatoms. The number of carbonyl (C=O) groups excluding carboxylic acids is 4. The Morgan fingerprint density at radius 2 is 1.39 bits per heavy atom. The number of carboxylic acid groups (broad SMARTS) is 1. The molecule has 0 aliphatic carbocycles. The summed E-state index contributed by atoms with van der Waals surface area (Å²) >= 11 is 0. The van der Waals surface area contributed by atoms with Gasteiger partial charge >= 0.3 is 12.9 Å². The number of carboxylic acids is 1. The summed E-state index contributed by atoms with van der Waals surface area (Å²) in [5, 5.41) is 18.9. The standard InChI is InChI=1S/C41H66BF2N7O9S/c1-7-15-29-25-31(17-14-24-51(4,5)6)49-35(29)27-36-30(16-8-2)26-32(50(36)42(49,43)44)20-21-38(53)48-34(28-61(58,59)60)41(57)46-22-12-10-18-37(52)47-33(9-3)40(56)45-23-13-11-19-39(54)55/h25-27,33-34H,7-24,28H2,1-6H3,(H5-,45,46,47,48,52,53,54,55,56,57,58,59,60)/p+1. The van der Waals surface area contributed by atoms with Crippen molar-refractivity contribution in [3.63, 3.8) is 0 Å². The molecule has 342 valence electrons. The molecule has 0 spiro atoms. The average Bonchev–Trinajstić information content (AvgIpc) is 3.69. The molecule has 1 aromatic rings. The van der Waals surface area contributed by atoms with E-state index in [2.05, 4.69) is 42.4 Å². The van der Waals surface area contributed by atoms with Crippen molar-refractivity contribution in [2.24, 2.45) is 0 Å². The van der Waals surface area contributed by atoms with E-state index in [4.69, 9.17) is 5.11 Å². The van der Waals surface area contributed by atoms with Gasteiger partial charge in [-0.25, -0.2) is 0 Å². The number of nitrogens with zero attached hydrogens (tertiary/aromatic N) is 3. The van der Waals surface area contributed by atoms with E-state index in [-0.39, 0.29) is 56.8 Å². The number of hydrogen-bond donors (Lipinski definition) is 6. The molecular formula is C41H67BF2N7O9S+. The van der Waals surface area contributed by atoms with Crippen LogP contribution < -0.4 is 21.3 Å². The Balaban J connectivity index is 1.64. The highest BCUT2D eigenvalue weighted by Crippen LogP contribution is 2.39. The Kier molecular flexibility index (Phi) is 19.3. The molecule has 0 fully saturated rings. The number of aromatic nitrogens is 1. The first-order valence-corrected chi connectivity index (χ1v) is 23.2. The van der Waals surface area contributed by atoms with Crippen molar-refractivity contribution in [3.8, 4) is 0 Å². The monoisotopic (exact) mass is 882 g/mol. The first-order valence-electron chi connectivity index (χ1n) is 21.6. The summed E-state index contributed by atoms with van der Waals surface area (Å²) in [6, 6.07) is -0.552. The van der Waals surface area contributed by atoms with Gasteiger partial charge in [0.25, 0.3) is 10.1 Å². The van der Waals surface area contributed by atoms with Crippen molar-refractivity contribution in [1.29, 1.82) is 0 Å². The van der Waals surface area contributed by atoms with Crippen LogP contribution >= 0.6 is 0 Å². The summed E-state index contributed by atoms with van der Waals surface area (Å²) in [6.07, 6.45) is 8.77. The number of amides is 4. The SMILES string of the molecule is CCCC1=CC(CCC(=O)NC(CS(=O)(=O)O)C(=O)NCCCCC(=O)NC(CC)C(=O)NCCCCC(=O)O)=[N+]2C1=Cc1c(CCC)cc(CCC[N+](C)(C)C)n1[B-]2(F)F. The Morgan fingerprint density at radius 1 is 0.803 bits per heavy atom. The zero-order valence-corrected chi connectivity index (χ0v) is 37.5. The smallest absolute Gasteiger partial charge is 0.481 e. The van der Waals surface area contributed by atoms with Crippen molar-refractivity contribution < 1.29 is 59.7 Å². The Labute approximate surface area is 359 Å². The number of aryl methyl sites for hydroxylation is 2. The van der Waals surface area contributed by atoms with E-state index in [0.717, 1.165) is 35.0 Å². The van der Waals surface area contributed by atoms with E-state index in [0.29, 0.717) is 72.9 Å². The summed E-state index contributed by atoms with van der Waals surface area (Å²) in [5.74, 6) is -4.48. The number of unbranched alkanes of at least 4 members (excludes halogenated alkanes) is 2. The number of rotatable bonds is 28. The van der Waals surface area contributed by atoms with Crippen molar-refractivity contribution in [3.05, 3.63) is 40.4 Å². The van der Waals surface area contributed by atoms with Gasteiger partial charge in [-0.1, -0.05) is 33.6 Å². The van der Waals surface area contributed by atoms with Gasteiger partial charge in [0.1, 0.15) is 23.5 Å². The summed E-state index contributed by atoms with van der Waals surface area (Å²) in [7, 11) is 1.44. The molecule has 0 saturated carbocycles. The lowest BCUT2D eigenvalue weighted by Gasteiger charge is -2.32. The Hall–Kier alpha value is -4.43. The van der Waals surface area contributed by atoms with Gasteiger partial charge in [0.05, 0.1) is 27.7 Å². The second-order valence-electron chi connectivity index (χ2n) is 17.0. The quantitative estimate of drug-likeness (QED) is 0.0314. The molecule has 0 aromatic carbocycles. The third kappa shape index (κ3) is 15.8. The summed E-state index contributed by atoms with van der Waals surface area (Å²) in [5.41, 5.74) is 3.32. The van der Waals surface area contributed by atoms with Gasteiger partial charge in [0, 0.05) is 68.6 Å². The van der Waals surface area contributed by atoms with Crippen molar-refractivity contribution in [2.45, 2.75) is 129 Å². The third-order valence-corrected chi connectivity index (χ3v) is 11.4. The van der Waals surface area contributed by atoms with Crippen LogP contribution in [0.3, 0.4) is 0 Å².